The van der Waals surface area contributed by atoms with Crippen LogP contribution in [-0.2, 0) is 6.54 Å². The van der Waals surface area contributed by atoms with Crippen LogP contribution in [0.3, 0.4) is 0 Å². The molecule has 0 aliphatic heterocycles. The Morgan fingerprint density at radius 2 is 1.83 bits per heavy atom. The number of para-hydroxylation sites is 1. The van der Waals surface area contributed by atoms with Gasteiger partial charge in [-0.15, -0.1) is 0 Å². The molecule has 2 N–H and O–H groups in total. The van der Waals surface area contributed by atoms with Crippen molar-refractivity contribution in [3.8, 4) is 5.75 Å². The van der Waals surface area contributed by atoms with Crippen LogP contribution in [0.2, 0.25) is 0 Å². The van der Waals surface area contributed by atoms with Crippen LogP contribution in [0.15, 0.2) is 48.8 Å². The number of carbonyl (C=O) groups is 1. The van der Waals surface area contributed by atoms with E-state index in [1.165, 1.54) is 0 Å². The maximum atomic E-state index is 12.1. The average Bonchev–Trinajstić information content (AvgIpc) is 2.53. The largest absolute Gasteiger partial charge is 0.488 e. The standard InChI is InChI=1S/C19H25N3O2/c1-14(15-9-11-20-12-10-15)22-18(23)21-13-16-7-5-6-8-17(16)24-19(2,3)4/h5-12,14H,13H2,1-4H3,(H2,21,22,23)/t14-/m0/s1. The lowest BCUT2D eigenvalue weighted by Gasteiger charge is -2.23. The lowest BCUT2D eigenvalue weighted by molar-refractivity contribution is 0.129. The zero-order valence-electron chi connectivity index (χ0n) is 14.7. The van der Waals surface area contributed by atoms with E-state index in [4.69, 9.17) is 4.74 Å². The fourth-order valence-electron chi connectivity index (χ4n) is 2.24. The number of benzene rings is 1. The molecule has 0 fully saturated rings. The molecule has 0 aliphatic rings. The van der Waals surface area contributed by atoms with Crippen molar-refractivity contribution in [2.75, 3.05) is 0 Å². The topological polar surface area (TPSA) is 63.2 Å². The van der Waals surface area contributed by atoms with Gasteiger partial charge >= 0.3 is 6.03 Å². The molecule has 5 nitrogen and oxygen atoms in total. The average molecular weight is 327 g/mol. The Morgan fingerprint density at radius 1 is 1.17 bits per heavy atom. The Bertz CT molecular complexity index is 666. The minimum atomic E-state index is -0.284. The molecule has 0 aliphatic carbocycles. The number of nitrogens with one attached hydrogen (secondary N) is 2. The fourth-order valence-corrected chi connectivity index (χ4v) is 2.24. The second kappa shape index (κ2) is 7.81. The highest BCUT2D eigenvalue weighted by molar-refractivity contribution is 5.74. The first-order chi connectivity index (χ1) is 11.3. The smallest absolute Gasteiger partial charge is 0.315 e. The van der Waals surface area contributed by atoms with Crippen molar-refractivity contribution in [2.45, 2.75) is 45.9 Å². The molecule has 0 radical (unpaired) electrons. The van der Waals surface area contributed by atoms with Crippen LogP contribution in [-0.4, -0.2) is 16.6 Å². The number of rotatable bonds is 5. The van der Waals surface area contributed by atoms with Gasteiger partial charge in [-0.05, 0) is 51.5 Å². The zero-order chi connectivity index (χ0) is 17.6. The van der Waals surface area contributed by atoms with Crippen LogP contribution < -0.4 is 15.4 Å². The second-order valence-corrected chi connectivity index (χ2v) is 6.65. The molecule has 5 heteroatoms. The van der Waals surface area contributed by atoms with Gasteiger partial charge in [-0.3, -0.25) is 4.98 Å². The van der Waals surface area contributed by atoms with E-state index < -0.39 is 0 Å². The van der Waals surface area contributed by atoms with E-state index >= 15 is 0 Å². The lowest BCUT2D eigenvalue weighted by atomic mass is 10.1. The van der Waals surface area contributed by atoms with E-state index in [1.807, 2.05) is 64.1 Å². The predicted molar refractivity (Wildman–Crippen MR) is 94.8 cm³/mol. The number of ether oxygens (including phenoxy) is 1. The van der Waals surface area contributed by atoms with E-state index in [0.717, 1.165) is 16.9 Å². The summed E-state index contributed by atoms with van der Waals surface area (Å²) in [5, 5.41) is 5.80. The van der Waals surface area contributed by atoms with Gasteiger partial charge in [-0.25, -0.2) is 4.79 Å². The molecule has 0 unspecified atom stereocenters. The Morgan fingerprint density at radius 3 is 2.50 bits per heavy atom. The van der Waals surface area contributed by atoms with Crippen molar-refractivity contribution in [3.63, 3.8) is 0 Å². The molecule has 2 aromatic rings. The quantitative estimate of drug-likeness (QED) is 0.877. The van der Waals surface area contributed by atoms with Gasteiger partial charge in [0.15, 0.2) is 0 Å². The Hall–Kier alpha value is -2.56. The van der Waals surface area contributed by atoms with Crippen molar-refractivity contribution < 1.29 is 9.53 Å². The molecule has 128 valence electrons. The Kier molecular flexibility index (Phi) is 5.79. The van der Waals surface area contributed by atoms with Gasteiger partial charge in [0.05, 0.1) is 6.04 Å². The van der Waals surface area contributed by atoms with Crippen molar-refractivity contribution in [3.05, 3.63) is 59.9 Å². The number of pyridine rings is 1. The van der Waals surface area contributed by atoms with Crippen LogP contribution in [0.1, 0.15) is 44.9 Å². The monoisotopic (exact) mass is 327 g/mol. The summed E-state index contributed by atoms with van der Waals surface area (Å²) < 4.78 is 5.94. The minimum absolute atomic E-state index is 0.0888. The van der Waals surface area contributed by atoms with E-state index in [9.17, 15) is 4.79 Å². The highest BCUT2D eigenvalue weighted by Crippen LogP contribution is 2.22. The molecule has 0 spiro atoms. The lowest BCUT2D eigenvalue weighted by Crippen LogP contribution is -2.36. The maximum absolute atomic E-state index is 12.1. The molecule has 1 aromatic carbocycles. The summed E-state index contributed by atoms with van der Waals surface area (Å²) in [6.07, 6.45) is 3.43. The van der Waals surface area contributed by atoms with Gasteiger partial charge in [0.2, 0.25) is 0 Å². The summed E-state index contributed by atoms with van der Waals surface area (Å²) in [6.45, 7) is 8.34. The number of hydrogen-bond donors (Lipinski definition) is 2. The van der Waals surface area contributed by atoms with Crippen molar-refractivity contribution >= 4 is 6.03 Å². The molecule has 1 aromatic heterocycles. The molecular formula is C19H25N3O2. The van der Waals surface area contributed by atoms with Crippen molar-refractivity contribution in [1.82, 2.24) is 15.6 Å². The summed E-state index contributed by atoms with van der Waals surface area (Å²) in [5.74, 6) is 0.785. The number of carbonyl (C=O) groups excluding carboxylic acids is 1. The van der Waals surface area contributed by atoms with Crippen LogP contribution in [0.4, 0.5) is 4.79 Å². The summed E-state index contributed by atoms with van der Waals surface area (Å²) in [4.78, 5) is 16.1. The number of amides is 2. The van der Waals surface area contributed by atoms with Crippen LogP contribution in [0.5, 0.6) is 5.75 Å². The molecule has 0 saturated carbocycles. The van der Waals surface area contributed by atoms with Crippen LogP contribution in [0.25, 0.3) is 0 Å². The first-order valence-corrected chi connectivity index (χ1v) is 8.06. The predicted octanol–water partition coefficient (Wildman–Crippen LogP) is 3.82. The highest BCUT2D eigenvalue weighted by atomic mass is 16.5. The summed E-state index contributed by atoms with van der Waals surface area (Å²) in [5.41, 5.74) is 1.67. The third-order valence-electron chi connectivity index (χ3n) is 3.38. The third kappa shape index (κ3) is 5.57. The molecule has 2 rings (SSSR count). The van der Waals surface area contributed by atoms with Gasteiger partial charge in [-0.1, -0.05) is 18.2 Å². The van der Waals surface area contributed by atoms with Crippen molar-refractivity contribution in [1.29, 1.82) is 0 Å². The molecule has 1 atom stereocenters. The first kappa shape index (κ1) is 17.8. The van der Waals surface area contributed by atoms with E-state index in [-0.39, 0.29) is 17.7 Å². The highest BCUT2D eigenvalue weighted by Gasteiger charge is 2.15. The van der Waals surface area contributed by atoms with Gasteiger partial charge in [0.25, 0.3) is 0 Å². The SMILES string of the molecule is C[C@H](NC(=O)NCc1ccccc1OC(C)(C)C)c1ccncc1. The summed E-state index contributed by atoms with van der Waals surface area (Å²) in [7, 11) is 0. The fraction of sp³-hybridized carbons (Fsp3) is 0.368. The second-order valence-electron chi connectivity index (χ2n) is 6.65. The molecule has 0 bridgehead atoms. The number of aromatic nitrogens is 1. The van der Waals surface area contributed by atoms with E-state index in [0.29, 0.717) is 6.54 Å². The maximum Gasteiger partial charge on any atom is 0.315 e. The number of nitrogens with zero attached hydrogens (tertiary/aromatic N) is 1. The molecule has 0 saturated heterocycles. The molecular weight excluding hydrogens is 302 g/mol. The van der Waals surface area contributed by atoms with Gasteiger partial charge < -0.3 is 15.4 Å². The first-order valence-electron chi connectivity index (χ1n) is 8.06. The van der Waals surface area contributed by atoms with Gasteiger partial charge in [0, 0.05) is 24.5 Å². The Labute approximate surface area is 143 Å². The molecule has 2 amide bonds. The van der Waals surface area contributed by atoms with E-state index in [1.54, 1.807) is 12.4 Å². The van der Waals surface area contributed by atoms with Crippen molar-refractivity contribution in [2.24, 2.45) is 0 Å². The van der Waals surface area contributed by atoms with E-state index in [2.05, 4.69) is 15.6 Å². The van der Waals surface area contributed by atoms with Crippen LogP contribution in [0, 0.1) is 0 Å². The summed E-state index contributed by atoms with van der Waals surface area (Å²) in [6, 6.07) is 11.2. The molecule has 24 heavy (non-hydrogen) atoms. The summed E-state index contributed by atoms with van der Waals surface area (Å²) >= 11 is 0. The number of urea groups is 1. The van der Waals surface area contributed by atoms with Gasteiger partial charge in [-0.2, -0.15) is 0 Å². The Balaban J connectivity index is 1.92. The molecule has 1 heterocycles. The van der Waals surface area contributed by atoms with Crippen LogP contribution >= 0.6 is 0 Å². The minimum Gasteiger partial charge on any atom is -0.488 e. The normalized spacial score (nSPS) is 12.3. The number of hydrogen-bond acceptors (Lipinski definition) is 3. The third-order valence-corrected chi connectivity index (χ3v) is 3.38. The zero-order valence-corrected chi connectivity index (χ0v) is 14.7. The van der Waals surface area contributed by atoms with Gasteiger partial charge in [0.1, 0.15) is 11.4 Å².